The van der Waals surface area contributed by atoms with E-state index in [-0.39, 0.29) is 16.1 Å². The van der Waals surface area contributed by atoms with E-state index >= 15 is 0 Å². The molecule has 0 aromatic heterocycles. The van der Waals surface area contributed by atoms with Gasteiger partial charge in [-0.15, -0.1) is 0 Å². The number of esters is 1. The average Bonchev–Trinajstić information content (AvgIpc) is 3.24. The van der Waals surface area contributed by atoms with Crippen LogP contribution in [-0.4, -0.2) is 44.3 Å². The van der Waals surface area contributed by atoms with E-state index in [1.54, 1.807) is 13.0 Å². The summed E-state index contributed by atoms with van der Waals surface area (Å²) >= 11 is 0. The van der Waals surface area contributed by atoms with Gasteiger partial charge in [-0.2, -0.15) is 4.31 Å². The first-order valence-electron chi connectivity index (χ1n) is 9.11. The molecule has 1 saturated heterocycles. The first-order chi connectivity index (χ1) is 13.8. The maximum absolute atomic E-state index is 13.7. The molecule has 2 aromatic carbocycles. The highest BCUT2D eigenvalue weighted by Gasteiger charge is 2.27. The number of sulfonamides is 1. The SMILES string of the molecule is Cc1ccc(NC(=O)COC(=O)c2ccc(S(=O)(=O)N3CCCC3)cc2)c(F)c1. The molecule has 7 nitrogen and oxygen atoms in total. The molecule has 1 fully saturated rings. The minimum atomic E-state index is -3.57. The van der Waals surface area contributed by atoms with Crippen molar-refractivity contribution in [2.24, 2.45) is 0 Å². The van der Waals surface area contributed by atoms with E-state index in [0.717, 1.165) is 12.8 Å². The summed E-state index contributed by atoms with van der Waals surface area (Å²) in [5.41, 5.74) is 0.815. The molecule has 0 saturated carbocycles. The molecule has 2 aromatic rings. The molecule has 0 aliphatic carbocycles. The number of hydrogen-bond donors (Lipinski definition) is 1. The van der Waals surface area contributed by atoms with Crippen LogP contribution in [0.2, 0.25) is 0 Å². The van der Waals surface area contributed by atoms with Crippen molar-refractivity contribution in [3.63, 3.8) is 0 Å². The Hall–Kier alpha value is -2.78. The Morgan fingerprint density at radius 2 is 1.76 bits per heavy atom. The van der Waals surface area contributed by atoms with Crippen LogP contribution in [0, 0.1) is 12.7 Å². The molecule has 0 radical (unpaired) electrons. The fourth-order valence-electron chi connectivity index (χ4n) is 2.96. The van der Waals surface area contributed by atoms with Crippen LogP contribution >= 0.6 is 0 Å². The second-order valence-electron chi connectivity index (χ2n) is 6.74. The van der Waals surface area contributed by atoms with Crippen molar-refractivity contribution in [3.8, 4) is 0 Å². The van der Waals surface area contributed by atoms with Crippen LogP contribution in [0.15, 0.2) is 47.4 Å². The maximum Gasteiger partial charge on any atom is 0.338 e. The Labute approximate surface area is 168 Å². The Kier molecular flexibility index (Phi) is 6.29. The van der Waals surface area contributed by atoms with Crippen LogP contribution < -0.4 is 5.32 Å². The van der Waals surface area contributed by atoms with Gasteiger partial charge in [0.25, 0.3) is 5.91 Å². The van der Waals surface area contributed by atoms with Crippen LogP contribution in [0.4, 0.5) is 10.1 Å². The normalized spacial score (nSPS) is 14.6. The molecule has 0 unspecified atom stereocenters. The van der Waals surface area contributed by atoms with Gasteiger partial charge in [-0.05, 0) is 61.7 Å². The predicted molar refractivity (Wildman–Crippen MR) is 104 cm³/mol. The lowest BCUT2D eigenvalue weighted by molar-refractivity contribution is -0.119. The third kappa shape index (κ3) is 4.99. The van der Waals surface area contributed by atoms with Gasteiger partial charge < -0.3 is 10.1 Å². The molecular weight excluding hydrogens is 399 g/mol. The number of ether oxygens (including phenoxy) is 1. The van der Waals surface area contributed by atoms with Gasteiger partial charge in [0.05, 0.1) is 16.1 Å². The molecule has 1 N–H and O–H groups in total. The van der Waals surface area contributed by atoms with Gasteiger partial charge in [-0.3, -0.25) is 4.79 Å². The number of nitrogens with one attached hydrogen (secondary N) is 1. The first kappa shape index (κ1) is 20.9. The van der Waals surface area contributed by atoms with E-state index in [4.69, 9.17) is 4.74 Å². The predicted octanol–water partition coefficient (Wildman–Crippen LogP) is 2.71. The molecule has 29 heavy (non-hydrogen) atoms. The number of carbonyl (C=O) groups is 2. The van der Waals surface area contributed by atoms with Crippen LogP contribution in [0.5, 0.6) is 0 Å². The zero-order chi connectivity index (χ0) is 21.0. The molecule has 1 aliphatic rings. The van der Waals surface area contributed by atoms with Gasteiger partial charge in [-0.1, -0.05) is 6.07 Å². The standard InChI is InChI=1S/C20H21FN2O5S/c1-14-4-9-18(17(21)12-14)22-19(24)13-28-20(25)15-5-7-16(8-6-15)29(26,27)23-10-2-3-11-23/h4-9,12H,2-3,10-11,13H2,1H3,(H,22,24). The second kappa shape index (κ2) is 8.71. The van der Waals surface area contributed by atoms with Gasteiger partial charge in [-0.25, -0.2) is 17.6 Å². The third-order valence-corrected chi connectivity index (χ3v) is 6.44. The summed E-state index contributed by atoms with van der Waals surface area (Å²) in [5, 5.41) is 2.33. The minimum Gasteiger partial charge on any atom is -0.452 e. The van der Waals surface area contributed by atoms with Crippen molar-refractivity contribution in [1.29, 1.82) is 0 Å². The number of halogens is 1. The molecule has 0 spiro atoms. The fourth-order valence-corrected chi connectivity index (χ4v) is 4.48. The fraction of sp³-hybridized carbons (Fsp3) is 0.300. The van der Waals surface area contributed by atoms with Crippen molar-refractivity contribution in [1.82, 2.24) is 4.31 Å². The highest BCUT2D eigenvalue weighted by atomic mass is 32.2. The summed E-state index contributed by atoms with van der Waals surface area (Å²) in [4.78, 5) is 24.1. The molecule has 3 rings (SSSR count). The Morgan fingerprint density at radius 3 is 2.38 bits per heavy atom. The highest BCUT2D eigenvalue weighted by molar-refractivity contribution is 7.89. The van der Waals surface area contributed by atoms with Gasteiger partial charge in [0.1, 0.15) is 5.82 Å². The van der Waals surface area contributed by atoms with Crippen molar-refractivity contribution < 1.29 is 27.1 Å². The molecule has 154 valence electrons. The smallest absolute Gasteiger partial charge is 0.338 e. The van der Waals surface area contributed by atoms with E-state index in [2.05, 4.69) is 5.32 Å². The lowest BCUT2D eigenvalue weighted by Crippen LogP contribution is -2.27. The monoisotopic (exact) mass is 420 g/mol. The lowest BCUT2D eigenvalue weighted by atomic mass is 10.2. The van der Waals surface area contributed by atoms with Crippen LogP contribution in [-0.2, 0) is 19.6 Å². The van der Waals surface area contributed by atoms with Crippen LogP contribution in [0.3, 0.4) is 0 Å². The zero-order valence-corrected chi connectivity index (χ0v) is 16.7. The Balaban J connectivity index is 1.57. The summed E-state index contributed by atoms with van der Waals surface area (Å²) in [7, 11) is -3.57. The maximum atomic E-state index is 13.7. The topological polar surface area (TPSA) is 92.8 Å². The van der Waals surface area contributed by atoms with E-state index in [1.807, 2.05) is 0 Å². The van der Waals surface area contributed by atoms with Crippen molar-refractivity contribution in [3.05, 3.63) is 59.4 Å². The van der Waals surface area contributed by atoms with Gasteiger partial charge in [0.2, 0.25) is 10.0 Å². The first-order valence-corrected chi connectivity index (χ1v) is 10.5. The third-order valence-electron chi connectivity index (χ3n) is 4.53. The number of aryl methyl sites for hydroxylation is 1. The van der Waals surface area contributed by atoms with E-state index in [1.165, 1.54) is 40.7 Å². The summed E-state index contributed by atoms with van der Waals surface area (Å²) in [6.07, 6.45) is 1.66. The van der Waals surface area contributed by atoms with Crippen molar-refractivity contribution in [2.75, 3.05) is 25.0 Å². The summed E-state index contributed by atoms with van der Waals surface area (Å²) in [6.45, 7) is 2.10. The molecular formula is C20H21FN2O5S. The number of benzene rings is 2. The number of nitrogens with zero attached hydrogens (tertiary/aromatic N) is 1. The van der Waals surface area contributed by atoms with E-state index in [0.29, 0.717) is 18.7 Å². The number of anilines is 1. The molecule has 1 aliphatic heterocycles. The van der Waals surface area contributed by atoms with Crippen LogP contribution in [0.1, 0.15) is 28.8 Å². The quantitative estimate of drug-likeness (QED) is 0.726. The van der Waals surface area contributed by atoms with Gasteiger partial charge >= 0.3 is 5.97 Å². The summed E-state index contributed by atoms with van der Waals surface area (Å²) < 4.78 is 45.0. The summed E-state index contributed by atoms with van der Waals surface area (Å²) in [6, 6.07) is 9.69. The minimum absolute atomic E-state index is 0.00637. The molecule has 0 atom stereocenters. The van der Waals surface area contributed by atoms with E-state index < -0.39 is 34.3 Å². The Bertz CT molecular complexity index is 1020. The highest BCUT2D eigenvalue weighted by Crippen LogP contribution is 2.21. The molecule has 0 bridgehead atoms. The average molecular weight is 420 g/mol. The summed E-state index contributed by atoms with van der Waals surface area (Å²) in [5.74, 6) is -2.05. The van der Waals surface area contributed by atoms with Crippen molar-refractivity contribution in [2.45, 2.75) is 24.7 Å². The molecule has 1 heterocycles. The lowest BCUT2D eigenvalue weighted by Gasteiger charge is -2.15. The zero-order valence-electron chi connectivity index (χ0n) is 15.9. The number of hydrogen-bond acceptors (Lipinski definition) is 5. The molecule has 1 amide bonds. The van der Waals surface area contributed by atoms with Crippen molar-refractivity contribution >= 4 is 27.6 Å². The molecule has 9 heteroatoms. The largest absolute Gasteiger partial charge is 0.452 e. The van der Waals surface area contributed by atoms with Gasteiger partial charge in [0.15, 0.2) is 6.61 Å². The Morgan fingerprint density at radius 1 is 1.10 bits per heavy atom. The number of rotatable bonds is 6. The van der Waals surface area contributed by atoms with Crippen LogP contribution in [0.25, 0.3) is 0 Å². The second-order valence-corrected chi connectivity index (χ2v) is 8.68. The van der Waals surface area contributed by atoms with E-state index in [9.17, 15) is 22.4 Å². The van der Waals surface area contributed by atoms with Gasteiger partial charge in [0, 0.05) is 13.1 Å². The number of amides is 1. The number of carbonyl (C=O) groups excluding carboxylic acids is 2.